The van der Waals surface area contributed by atoms with Crippen LogP contribution in [0.2, 0.25) is 0 Å². The number of methoxy groups -OCH3 is 1. The molecule has 2 heterocycles. The molecule has 2 aromatic heterocycles. The maximum absolute atomic E-state index is 12.7. The first kappa shape index (κ1) is 21.3. The van der Waals surface area contributed by atoms with Crippen LogP contribution in [0.3, 0.4) is 0 Å². The molecule has 0 radical (unpaired) electrons. The highest BCUT2D eigenvalue weighted by molar-refractivity contribution is 5.98. The number of para-hydroxylation sites is 2. The molecule has 32 heavy (non-hydrogen) atoms. The minimum atomic E-state index is -0.563. The van der Waals surface area contributed by atoms with Gasteiger partial charge in [0.15, 0.2) is 5.82 Å². The van der Waals surface area contributed by atoms with Crippen molar-refractivity contribution < 1.29 is 14.3 Å². The van der Waals surface area contributed by atoms with Gasteiger partial charge in [-0.3, -0.25) is 4.79 Å². The molecule has 0 aliphatic carbocycles. The van der Waals surface area contributed by atoms with E-state index in [9.17, 15) is 9.59 Å². The SMILES string of the molecule is COC(=O)[C@@H](Nc1nc(CNC(=O)c2cc3ccccc3[nH]2)nc2ccccc12)C(C)C. The molecule has 0 aliphatic rings. The van der Waals surface area contributed by atoms with Crippen molar-refractivity contribution >= 4 is 39.5 Å². The summed E-state index contributed by atoms with van der Waals surface area (Å²) in [5.41, 5.74) is 2.08. The van der Waals surface area contributed by atoms with Gasteiger partial charge in [0.2, 0.25) is 0 Å². The number of benzene rings is 2. The van der Waals surface area contributed by atoms with E-state index in [0.29, 0.717) is 22.9 Å². The Labute approximate surface area is 185 Å². The van der Waals surface area contributed by atoms with E-state index in [2.05, 4.69) is 25.6 Å². The van der Waals surface area contributed by atoms with Gasteiger partial charge in [-0.05, 0) is 30.2 Å². The number of esters is 1. The van der Waals surface area contributed by atoms with Crippen LogP contribution in [0, 0.1) is 5.92 Å². The maximum atomic E-state index is 12.7. The van der Waals surface area contributed by atoms with Crippen LogP contribution in [-0.2, 0) is 16.1 Å². The molecule has 0 fully saturated rings. The monoisotopic (exact) mass is 431 g/mol. The third kappa shape index (κ3) is 4.39. The molecule has 4 aromatic rings. The zero-order valence-electron chi connectivity index (χ0n) is 18.2. The highest BCUT2D eigenvalue weighted by Gasteiger charge is 2.24. The number of nitrogens with one attached hydrogen (secondary N) is 3. The number of aromatic nitrogens is 3. The second-order valence-corrected chi connectivity index (χ2v) is 7.85. The van der Waals surface area contributed by atoms with Crippen molar-refractivity contribution in [3.63, 3.8) is 0 Å². The van der Waals surface area contributed by atoms with Gasteiger partial charge in [0.1, 0.15) is 17.6 Å². The lowest BCUT2D eigenvalue weighted by atomic mass is 10.0. The zero-order valence-corrected chi connectivity index (χ0v) is 18.2. The molecule has 0 aliphatic heterocycles. The van der Waals surface area contributed by atoms with Crippen LogP contribution in [0.25, 0.3) is 21.8 Å². The lowest BCUT2D eigenvalue weighted by molar-refractivity contribution is -0.142. The van der Waals surface area contributed by atoms with E-state index in [1.54, 1.807) is 0 Å². The Balaban J connectivity index is 1.58. The summed E-state index contributed by atoms with van der Waals surface area (Å²) < 4.78 is 4.94. The van der Waals surface area contributed by atoms with Crippen molar-refractivity contribution in [2.24, 2.45) is 5.92 Å². The summed E-state index contributed by atoms with van der Waals surface area (Å²) in [7, 11) is 1.36. The van der Waals surface area contributed by atoms with Crippen molar-refractivity contribution in [1.82, 2.24) is 20.3 Å². The second-order valence-electron chi connectivity index (χ2n) is 7.85. The normalized spacial score (nSPS) is 12.1. The standard InChI is InChI=1S/C24H25N5O3/c1-14(2)21(24(31)32-3)29-22-16-9-5-7-11-18(16)27-20(28-22)13-25-23(30)19-12-15-8-4-6-10-17(15)26-19/h4-12,14,21,26H,13H2,1-3H3,(H,25,30)(H,27,28,29)/t21-/m0/s1. The number of hydrogen-bond donors (Lipinski definition) is 3. The number of H-pyrrole nitrogens is 1. The fourth-order valence-electron chi connectivity index (χ4n) is 3.54. The summed E-state index contributed by atoms with van der Waals surface area (Å²) in [6, 6.07) is 16.5. The number of ether oxygens (including phenoxy) is 1. The molecular formula is C24H25N5O3. The van der Waals surface area contributed by atoms with Gasteiger partial charge in [-0.2, -0.15) is 0 Å². The molecule has 0 bridgehead atoms. The van der Waals surface area contributed by atoms with E-state index in [0.717, 1.165) is 16.3 Å². The Hall–Kier alpha value is -3.94. The Kier molecular flexibility index (Phi) is 6.02. The van der Waals surface area contributed by atoms with Crippen molar-refractivity contribution in [2.75, 3.05) is 12.4 Å². The summed E-state index contributed by atoms with van der Waals surface area (Å²) in [6.45, 7) is 4.00. The average molecular weight is 431 g/mol. The van der Waals surface area contributed by atoms with Crippen LogP contribution >= 0.6 is 0 Å². The van der Waals surface area contributed by atoms with Gasteiger partial charge < -0.3 is 20.4 Å². The van der Waals surface area contributed by atoms with Gasteiger partial charge in [0.05, 0.1) is 19.2 Å². The summed E-state index contributed by atoms with van der Waals surface area (Å²) >= 11 is 0. The fourth-order valence-corrected chi connectivity index (χ4v) is 3.54. The smallest absolute Gasteiger partial charge is 0.328 e. The molecule has 0 unspecified atom stereocenters. The number of rotatable bonds is 7. The quantitative estimate of drug-likeness (QED) is 0.386. The van der Waals surface area contributed by atoms with Crippen molar-refractivity contribution in [3.05, 3.63) is 66.1 Å². The summed E-state index contributed by atoms with van der Waals surface area (Å²) in [4.78, 5) is 37.2. The highest BCUT2D eigenvalue weighted by Crippen LogP contribution is 2.23. The fraction of sp³-hybridized carbons (Fsp3) is 0.250. The van der Waals surface area contributed by atoms with Gasteiger partial charge in [-0.25, -0.2) is 14.8 Å². The summed E-state index contributed by atoms with van der Waals surface area (Å²) in [6.07, 6.45) is 0. The molecule has 0 spiro atoms. The summed E-state index contributed by atoms with van der Waals surface area (Å²) in [5.74, 6) is 0.331. The van der Waals surface area contributed by atoms with E-state index >= 15 is 0 Å². The molecule has 2 aromatic carbocycles. The lowest BCUT2D eigenvalue weighted by Crippen LogP contribution is -2.36. The van der Waals surface area contributed by atoms with Gasteiger partial charge in [0, 0.05) is 16.3 Å². The molecule has 164 valence electrons. The van der Waals surface area contributed by atoms with Gasteiger partial charge in [-0.1, -0.05) is 44.2 Å². The first-order chi connectivity index (χ1) is 15.5. The Morgan fingerprint density at radius 3 is 2.56 bits per heavy atom. The van der Waals surface area contributed by atoms with E-state index in [-0.39, 0.29) is 24.3 Å². The average Bonchev–Trinajstić information content (AvgIpc) is 3.24. The van der Waals surface area contributed by atoms with Crippen molar-refractivity contribution in [2.45, 2.75) is 26.4 Å². The van der Waals surface area contributed by atoms with E-state index in [1.165, 1.54) is 7.11 Å². The van der Waals surface area contributed by atoms with Crippen LogP contribution in [0.1, 0.15) is 30.2 Å². The Morgan fingerprint density at radius 2 is 1.81 bits per heavy atom. The van der Waals surface area contributed by atoms with Gasteiger partial charge in [0.25, 0.3) is 5.91 Å². The van der Waals surface area contributed by atoms with E-state index in [4.69, 9.17) is 4.74 Å². The van der Waals surface area contributed by atoms with Gasteiger partial charge in [-0.15, -0.1) is 0 Å². The maximum Gasteiger partial charge on any atom is 0.328 e. The number of hydrogen-bond acceptors (Lipinski definition) is 6. The van der Waals surface area contributed by atoms with Gasteiger partial charge >= 0.3 is 5.97 Å². The zero-order chi connectivity index (χ0) is 22.7. The molecule has 0 saturated heterocycles. The van der Waals surface area contributed by atoms with Crippen LogP contribution in [0.4, 0.5) is 5.82 Å². The van der Waals surface area contributed by atoms with Crippen LogP contribution < -0.4 is 10.6 Å². The Bertz CT molecular complexity index is 1250. The molecule has 0 saturated carbocycles. The predicted molar refractivity (Wildman–Crippen MR) is 123 cm³/mol. The lowest BCUT2D eigenvalue weighted by Gasteiger charge is -2.21. The molecular weight excluding hydrogens is 406 g/mol. The molecule has 4 rings (SSSR count). The predicted octanol–water partition coefficient (Wildman–Crippen LogP) is 3.65. The van der Waals surface area contributed by atoms with Crippen LogP contribution in [0.15, 0.2) is 54.6 Å². The van der Waals surface area contributed by atoms with Crippen LogP contribution in [0.5, 0.6) is 0 Å². The van der Waals surface area contributed by atoms with E-state index < -0.39 is 6.04 Å². The molecule has 3 N–H and O–H groups in total. The molecule has 1 atom stereocenters. The first-order valence-electron chi connectivity index (χ1n) is 10.4. The van der Waals surface area contributed by atoms with Crippen LogP contribution in [-0.4, -0.2) is 40.0 Å². The number of fused-ring (bicyclic) bond motifs is 2. The van der Waals surface area contributed by atoms with E-state index in [1.807, 2.05) is 68.4 Å². The number of carbonyl (C=O) groups is 2. The van der Waals surface area contributed by atoms with Crippen molar-refractivity contribution in [1.29, 1.82) is 0 Å². The third-order valence-electron chi connectivity index (χ3n) is 5.25. The molecule has 8 heteroatoms. The Morgan fingerprint density at radius 1 is 1.06 bits per heavy atom. The largest absolute Gasteiger partial charge is 0.467 e. The molecule has 8 nitrogen and oxygen atoms in total. The first-order valence-corrected chi connectivity index (χ1v) is 10.4. The second kappa shape index (κ2) is 9.05. The minimum Gasteiger partial charge on any atom is -0.467 e. The topological polar surface area (TPSA) is 109 Å². The number of amides is 1. The van der Waals surface area contributed by atoms with Crippen molar-refractivity contribution in [3.8, 4) is 0 Å². The highest BCUT2D eigenvalue weighted by atomic mass is 16.5. The third-order valence-corrected chi connectivity index (χ3v) is 5.25. The minimum absolute atomic E-state index is 0.0126. The number of anilines is 1. The molecule has 1 amide bonds. The summed E-state index contributed by atoms with van der Waals surface area (Å²) in [5, 5.41) is 7.82. The number of carbonyl (C=O) groups excluding carboxylic acids is 2. The number of aromatic amines is 1. The number of nitrogens with zero attached hydrogens (tertiary/aromatic N) is 2.